The van der Waals surface area contributed by atoms with Crippen molar-refractivity contribution in [2.75, 3.05) is 0 Å². The highest BCUT2D eigenvalue weighted by molar-refractivity contribution is 8.03. The fourth-order valence-corrected chi connectivity index (χ4v) is 4.97. The van der Waals surface area contributed by atoms with Crippen LogP contribution in [-0.4, -0.2) is 12.5 Å². The molecule has 0 amide bonds. The van der Waals surface area contributed by atoms with Crippen molar-refractivity contribution in [3.8, 4) is 0 Å². The molecule has 0 spiro atoms. The highest BCUT2D eigenvalue weighted by Gasteiger charge is 2.44. The Bertz CT molecular complexity index is 560. The zero-order chi connectivity index (χ0) is 15.3. The number of fused-ring (bicyclic) bond motifs is 2. The Labute approximate surface area is 135 Å². The molecule has 1 aliphatic heterocycles. The lowest BCUT2D eigenvalue weighted by Gasteiger charge is -2.47. The monoisotopic (exact) mass is 297 g/mol. The minimum atomic E-state index is 0.325. The summed E-state index contributed by atoms with van der Waals surface area (Å²) >= 11 is 1.99. The van der Waals surface area contributed by atoms with E-state index in [2.05, 4.69) is 71.5 Å². The van der Waals surface area contributed by atoms with Crippen molar-refractivity contribution in [1.82, 2.24) is 0 Å². The third kappa shape index (κ3) is 2.61. The van der Waals surface area contributed by atoms with Crippen LogP contribution >= 0.6 is 11.8 Å². The van der Waals surface area contributed by atoms with Gasteiger partial charge in [0.15, 0.2) is 7.28 Å². The van der Waals surface area contributed by atoms with Crippen molar-refractivity contribution in [2.45, 2.75) is 52.7 Å². The van der Waals surface area contributed by atoms with Crippen molar-refractivity contribution >= 4 is 19.0 Å². The molecule has 21 heavy (non-hydrogen) atoms. The molecule has 2 atom stereocenters. The van der Waals surface area contributed by atoms with Crippen LogP contribution in [-0.2, 0) is 0 Å². The molecule has 0 aromatic rings. The van der Waals surface area contributed by atoms with Crippen molar-refractivity contribution in [2.24, 2.45) is 16.7 Å². The molecule has 2 aliphatic carbocycles. The molecule has 1 fully saturated rings. The van der Waals surface area contributed by atoms with E-state index in [1.54, 1.807) is 11.1 Å². The van der Waals surface area contributed by atoms with Crippen molar-refractivity contribution < 1.29 is 0 Å². The lowest BCUT2D eigenvalue weighted by Crippen LogP contribution is -2.35. The molecule has 0 bridgehead atoms. The molecule has 3 rings (SSSR count). The van der Waals surface area contributed by atoms with Gasteiger partial charge in [0, 0.05) is 11.2 Å². The highest BCUT2D eigenvalue weighted by atomic mass is 32.2. The molecule has 3 aliphatic rings. The summed E-state index contributed by atoms with van der Waals surface area (Å²) in [6.07, 6.45) is 9.89. The number of rotatable bonds is 2. The van der Waals surface area contributed by atoms with Crippen LogP contribution < -0.4 is 0 Å². The van der Waals surface area contributed by atoms with E-state index in [1.807, 2.05) is 11.8 Å². The number of allylic oxidation sites excluding steroid dienone is 5. The van der Waals surface area contributed by atoms with Crippen LogP contribution in [0, 0.1) is 16.7 Å². The first-order chi connectivity index (χ1) is 9.85. The first-order valence-corrected chi connectivity index (χ1v) is 9.06. The van der Waals surface area contributed by atoms with Crippen LogP contribution in [0.4, 0.5) is 0 Å². The van der Waals surface area contributed by atoms with Crippen LogP contribution in [0.2, 0.25) is 0 Å². The van der Waals surface area contributed by atoms with Gasteiger partial charge in [-0.15, -0.1) is 23.8 Å². The van der Waals surface area contributed by atoms with Gasteiger partial charge in [0.25, 0.3) is 0 Å². The number of hydrogen-bond donors (Lipinski definition) is 0. The van der Waals surface area contributed by atoms with Gasteiger partial charge in [-0.25, -0.2) is 0 Å². The molecular weight excluding hydrogens is 271 g/mol. The Hall–Kier alpha value is -0.625. The molecule has 2 heteroatoms. The van der Waals surface area contributed by atoms with E-state index >= 15 is 0 Å². The van der Waals surface area contributed by atoms with Gasteiger partial charge in [-0.05, 0) is 47.1 Å². The van der Waals surface area contributed by atoms with E-state index in [0.29, 0.717) is 22.0 Å². The Morgan fingerprint density at radius 3 is 2.33 bits per heavy atom. The molecule has 0 saturated heterocycles. The second kappa shape index (κ2) is 5.23. The smallest absolute Gasteiger partial charge is 0.126 e. The molecule has 111 valence electrons. The molecule has 1 heterocycles. The van der Waals surface area contributed by atoms with Gasteiger partial charge in [-0.1, -0.05) is 45.3 Å². The van der Waals surface area contributed by atoms with Crippen LogP contribution in [0.3, 0.4) is 0 Å². The van der Waals surface area contributed by atoms with Crippen molar-refractivity contribution in [3.05, 3.63) is 46.2 Å². The SMILES string of the molecule is C/C=C/[B]C1=CSC2C=C3C(=CC12)C(C)(C)CCC3(C)C. The van der Waals surface area contributed by atoms with Gasteiger partial charge in [-0.3, -0.25) is 0 Å². The number of hydrogen-bond acceptors (Lipinski definition) is 1. The first-order valence-electron chi connectivity index (χ1n) is 8.12. The maximum Gasteiger partial charge on any atom is 0.176 e. The molecular formula is C19H26BS. The van der Waals surface area contributed by atoms with Gasteiger partial charge in [0.05, 0.1) is 0 Å². The zero-order valence-electron chi connectivity index (χ0n) is 13.9. The Kier molecular flexibility index (Phi) is 3.80. The minimum Gasteiger partial charge on any atom is -0.126 e. The molecule has 1 radical (unpaired) electrons. The summed E-state index contributed by atoms with van der Waals surface area (Å²) in [7, 11) is 2.29. The lowest BCUT2D eigenvalue weighted by molar-refractivity contribution is 0.255. The molecule has 1 saturated carbocycles. The summed E-state index contributed by atoms with van der Waals surface area (Å²) in [4.78, 5) is 0. The predicted molar refractivity (Wildman–Crippen MR) is 96.5 cm³/mol. The van der Waals surface area contributed by atoms with E-state index in [-0.39, 0.29) is 0 Å². The Balaban J connectivity index is 1.97. The summed E-state index contributed by atoms with van der Waals surface area (Å²) in [5, 5.41) is 2.97. The third-order valence-electron chi connectivity index (χ3n) is 5.38. The standard InChI is InChI=1S/C19H26BS/c1-6-9-20-16-12-21-17-11-15-14(10-13(16)17)18(2,3)7-8-19(15,4)5/h6,9-13,17H,7-8H2,1-5H3/b9-6+. The van der Waals surface area contributed by atoms with Gasteiger partial charge >= 0.3 is 0 Å². The maximum absolute atomic E-state index is 2.59. The van der Waals surface area contributed by atoms with E-state index in [4.69, 9.17) is 0 Å². The van der Waals surface area contributed by atoms with Crippen LogP contribution in [0.1, 0.15) is 47.5 Å². The van der Waals surface area contributed by atoms with Crippen molar-refractivity contribution in [3.63, 3.8) is 0 Å². The largest absolute Gasteiger partial charge is 0.176 e. The summed E-state index contributed by atoms with van der Waals surface area (Å²) in [5.41, 5.74) is 5.37. The molecule has 0 aromatic carbocycles. The van der Waals surface area contributed by atoms with E-state index in [1.165, 1.54) is 18.3 Å². The molecule has 0 N–H and O–H groups in total. The Morgan fingerprint density at radius 2 is 1.71 bits per heavy atom. The van der Waals surface area contributed by atoms with E-state index in [9.17, 15) is 0 Å². The van der Waals surface area contributed by atoms with E-state index < -0.39 is 0 Å². The van der Waals surface area contributed by atoms with Crippen LogP contribution in [0.25, 0.3) is 0 Å². The fraction of sp³-hybridized carbons (Fsp3) is 0.579. The average Bonchev–Trinajstić information content (AvgIpc) is 2.83. The number of thioether (sulfide) groups is 1. The molecule has 0 aromatic heterocycles. The predicted octanol–water partition coefficient (Wildman–Crippen LogP) is 5.51. The highest BCUT2D eigenvalue weighted by Crippen LogP contribution is 2.56. The average molecular weight is 297 g/mol. The van der Waals surface area contributed by atoms with Gasteiger partial charge in [0.1, 0.15) is 0 Å². The summed E-state index contributed by atoms with van der Waals surface area (Å²) in [6.45, 7) is 11.8. The second-order valence-corrected chi connectivity index (χ2v) is 8.92. The first kappa shape index (κ1) is 15.3. The maximum atomic E-state index is 2.59. The second-order valence-electron chi connectivity index (χ2n) is 7.87. The molecule has 2 unspecified atom stereocenters. The van der Waals surface area contributed by atoms with E-state index in [0.717, 1.165) is 0 Å². The lowest BCUT2D eigenvalue weighted by atomic mass is 9.56. The quantitative estimate of drug-likeness (QED) is 0.606. The third-order valence-corrected chi connectivity index (χ3v) is 6.53. The summed E-state index contributed by atoms with van der Waals surface area (Å²) < 4.78 is 0. The van der Waals surface area contributed by atoms with Crippen molar-refractivity contribution in [1.29, 1.82) is 0 Å². The minimum absolute atomic E-state index is 0.325. The van der Waals surface area contributed by atoms with Gasteiger partial charge < -0.3 is 0 Å². The molecule has 0 nitrogen and oxygen atoms in total. The summed E-state index contributed by atoms with van der Waals surface area (Å²) in [5.74, 6) is 2.74. The Morgan fingerprint density at radius 1 is 1.10 bits per heavy atom. The van der Waals surface area contributed by atoms with Gasteiger partial charge in [-0.2, -0.15) is 0 Å². The summed E-state index contributed by atoms with van der Waals surface area (Å²) in [6, 6.07) is 0. The van der Waals surface area contributed by atoms with Gasteiger partial charge in [0.2, 0.25) is 0 Å². The fourth-order valence-electron chi connectivity index (χ4n) is 3.80. The zero-order valence-corrected chi connectivity index (χ0v) is 14.8. The van der Waals surface area contributed by atoms with Crippen LogP contribution in [0.5, 0.6) is 0 Å². The van der Waals surface area contributed by atoms with Crippen LogP contribution in [0.15, 0.2) is 46.2 Å². The normalized spacial score (nSPS) is 32.9. The topological polar surface area (TPSA) is 0 Å².